The number of nitro benzene ring substituents is 1. The van der Waals surface area contributed by atoms with E-state index >= 15 is 0 Å². The molecule has 4 aromatic rings. The molecule has 0 unspecified atom stereocenters. The minimum Gasteiger partial charge on any atom is -0.310 e. The van der Waals surface area contributed by atoms with E-state index in [0.29, 0.717) is 33.7 Å². The summed E-state index contributed by atoms with van der Waals surface area (Å²) in [5.41, 5.74) is 2.91. The normalized spacial score (nSPS) is 10.9. The Morgan fingerprint density at radius 2 is 1.67 bits per heavy atom. The summed E-state index contributed by atoms with van der Waals surface area (Å²) in [6, 6.07) is 17.5. The maximum absolute atomic E-state index is 12.6. The molecule has 0 amide bonds. The van der Waals surface area contributed by atoms with Crippen LogP contribution in [0.15, 0.2) is 65.5 Å². The van der Waals surface area contributed by atoms with Gasteiger partial charge >= 0.3 is 0 Å². The average Bonchev–Trinajstić information content (AvgIpc) is 2.67. The highest BCUT2D eigenvalue weighted by atomic mass is 16.6. The predicted molar refractivity (Wildman–Crippen MR) is 102 cm³/mol. The first-order valence-corrected chi connectivity index (χ1v) is 8.25. The molecule has 0 aliphatic heterocycles. The summed E-state index contributed by atoms with van der Waals surface area (Å²) >= 11 is 0. The van der Waals surface area contributed by atoms with E-state index in [9.17, 15) is 14.9 Å². The van der Waals surface area contributed by atoms with Crippen molar-refractivity contribution in [2.45, 2.75) is 6.92 Å². The minimum absolute atomic E-state index is 0.0109. The Bertz CT molecular complexity index is 1220. The number of nitrogens with one attached hydrogen (secondary N) is 1. The number of hydrogen-bond donors (Lipinski definition) is 1. The van der Waals surface area contributed by atoms with Gasteiger partial charge in [0.15, 0.2) is 5.65 Å². The Balaban J connectivity index is 2.02. The van der Waals surface area contributed by atoms with Gasteiger partial charge in [0.05, 0.1) is 16.0 Å². The van der Waals surface area contributed by atoms with Gasteiger partial charge in [0.1, 0.15) is 5.82 Å². The first-order valence-electron chi connectivity index (χ1n) is 8.25. The summed E-state index contributed by atoms with van der Waals surface area (Å²) in [5, 5.41) is 11.3. The molecule has 7 heteroatoms. The van der Waals surface area contributed by atoms with Crippen LogP contribution in [0.2, 0.25) is 0 Å². The number of fused-ring (bicyclic) bond motifs is 1. The molecule has 132 valence electrons. The number of aromatic nitrogens is 3. The minimum atomic E-state index is -0.457. The van der Waals surface area contributed by atoms with Gasteiger partial charge in [0.2, 0.25) is 0 Å². The number of rotatable bonds is 3. The van der Waals surface area contributed by atoms with E-state index in [4.69, 9.17) is 0 Å². The van der Waals surface area contributed by atoms with Crippen LogP contribution in [0.3, 0.4) is 0 Å². The van der Waals surface area contributed by atoms with E-state index in [1.807, 2.05) is 36.4 Å². The Labute approximate surface area is 153 Å². The van der Waals surface area contributed by atoms with Crippen LogP contribution in [0.5, 0.6) is 0 Å². The molecule has 0 radical (unpaired) electrons. The van der Waals surface area contributed by atoms with Crippen LogP contribution in [-0.4, -0.2) is 19.9 Å². The molecule has 7 nitrogen and oxygen atoms in total. The summed E-state index contributed by atoms with van der Waals surface area (Å²) < 4.78 is 0. The van der Waals surface area contributed by atoms with Crippen molar-refractivity contribution >= 4 is 16.7 Å². The third-order valence-electron chi connectivity index (χ3n) is 4.25. The molecule has 4 rings (SSSR count). The summed E-state index contributed by atoms with van der Waals surface area (Å²) in [7, 11) is 0. The zero-order valence-electron chi connectivity index (χ0n) is 14.3. The van der Waals surface area contributed by atoms with Crippen molar-refractivity contribution in [1.82, 2.24) is 15.0 Å². The van der Waals surface area contributed by atoms with Crippen molar-refractivity contribution in [3.8, 4) is 22.4 Å². The molecule has 1 N–H and O–H groups in total. The lowest BCUT2D eigenvalue weighted by Gasteiger charge is -2.10. The van der Waals surface area contributed by atoms with Gasteiger partial charge in [-0.2, -0.15) is 0 Å². The zero-order valence-corrected chi connectivity index (χ0v) is 14.3. The number of pyridine rings is 1. The number of hydrogen-bond acceptors (Lipinski definition) is 5. The van der Waals surface area contributed by atoms with Crippen molar-refractivity contribution in [1.29, 1.82) is 0 Å². The lowest BCUT2D eigenvalue weighted by Crippen LogP contribution is -2.12. The van der Waals surface area contributed by atoms with Crippen LogP contribution in [0.4, 0.5) is 5.69 Å². The van der Waals surface area contributed by atoms with Crippen molar-refractivity contribution < 1.29 is 4.92 Å². The topological polar surface area (TPSA) is 102 Å². The molecule has 2 aromatic heterocycles. The Kier molecular flexibility index (Phi) is 3.97. The van der Waals surface area contributed by atoms with Gasteiger partial charge < -0.3 is 4.98 Å². The van der Waals surface area contributed by atoms with Crippen molar-refractivity contribution in [2.75, 3.05) is 0 Å². The molecular formula is C20H14N4O3. The number of non-ortho nitro benzene ring substituents is 1. The summed E-state index contributed by atoms with van der Waals surface area (Å²) in [6.07, 6.45) is 0. The fourth-order valence-corrected chi connectivity index (χ4v) is 3.00. The molecule has 0 aliphatic carbocycles. The number of benzene rings is 2. The maximum atomic E-state index is 12.6. The molecule has 2 aromatic carbocycles. The van der Waals surface area contributed by atoms with Gasteiger partial charge in [-0.15, -0.1) is 0 Å². The first kappa shape index (κ1) is 16.6. The second-order valence-electron chi connectivity index (χ2n) is 6.08. The zero-order chi connectivity index (χ0) is 19.0. The van der Waals surface area contributed by atoms with Gasteiger partial charge in [0.25, 0.3) is 11.2 Å². The third kappa shape index (κ3) is 3.06. The molecule has 0 atom stereocenters. The van der Waals surface area contributed by atoms with Crippen LogP contribution < -0.4 is 5.56 Å². The Hall–Kier alpha value is -3.87. The lowest BCUT2D eigenvalue weighted by atomic mass is 10.00. The van der Waals surface area contributed by atoms with E-state index in [0.717, 1.165) is 5.56 Å². The van der Waals surface area contributed by atoms with Gasteiger partial charge in [-0.3, -0.25) is 14.9 Å². The monoisotopic (exact) mass is 358 g/mol. The first-order chi connectivity index (χ1) is 13.0. The highest BCUT2D eigenvalue weighted by Crippen LogP contribution is 2.30. The van der Waals surface area contributed by atoms with Gasteiger partial charge in [-0.25, -0.2) is 9.97 Å². The molecule has 2 heterocycles. The van der Waals surface area contributed by atoms with Crippen LogP contribution in [-0.2, 0) is 0 Å². The lowest BCUT2D eigenvalue weighted by molar-refractivity contribution is -0.384. The SMILES string of the molecule is Cc1nc2nc(-c3ccccc3)cc(-c3ccc([N+](=O)[O-])cc3)c2c(=O)[nH]1. The number of aromatic amines is 1. The summed E-state index contributed by atoms with van der Waals surface area (Å²) in [5.74, 6) is 0.472. The highest BCUT2D eigenvalue weighted by molar-refractivity contribution is 5.94. The molecule has 0 saturated heterocycles. The second-order valence-corrected chi connectivity index (χ2v) is 6.08. The molecule has 0 bridgehead atoms. The van der Waals surface area contributed by atoms with E-state index < -0.39 is 4.92 Å². The average molecular weight is 358 g/mol. The quantitative estimate of drug-likeness (QED) is 0.442. The molecule has 0 aliphatic rings. The van der Waals surface area contributed by atoms with E-state index in [-0.39, 0.29) is 11.2 Å². The summed E-state index contributed by atoms with van der Waals surface area (Å²) in [4.78, 5) is 34.7. The van der Waals surface area contributed by atoms with Gasteiger partial charge in [-0.1, -0.05) is 30.3 Å². The smallest absolute Gasteiger partial charge is 0.269 e. The largest absolute Gasteiger partial charge is 0.310 e. The second kappa shape index (κ2) is 6.45. The van der Waals surface area contributed by atoms with Crippen LogP contribution in [0, 0.1) is 17.0 Å². The predicted octanol–water partition coefficient (Wildman–Crippen LogP) is 3.87. The molecule has 0 spiro atoms. The molecule has 27 heavy (non-hydrogen) atoms. The number of nitrogens with zero attached hydrogens (tertiary/aromatic N) is 3. The van der Waals surface area contributed by atoms with E-state index in [2.05, 4.69) is 15.0 Å². The Morgan fingerprint density at radius 1 is 0.963 bits per heavy atom. The van der Waals surface area contributed by atoms with Crippen LogP contribution in [0.25, 0.3) is 33.4 Å². The fourth-order valence-electron chi connectivity index (χ4n) is 3.00. The van der Waals surface area contributed by atoms with E-state index in [1.54, 1.807) is 19.1 Å². The molecule has 0 fully saturated rings. The molecule has 0 saturated carbocycles. The number of aryl methyl sites for hydroxylation is 1. The Morgan fingerprint density at radius 3 is 2.33 bits per heavy atom. The van der Waals surface area contributed by atoms with Gasteiger partial charge in [-0.05, 0) is 30.7 Å². The van der Waals surface area contributed by atoms with Crippen LogP contribution in [0.1, 0.15) is 5.82 Å². The van der Waals surface area contributed by atoms with Crippen molar-refractivity contribution in [3.05, 3.63) is 87.0 Å². The number of H-pyrrole nitrogens is 1. The molecular weight excluding hydrogens is 344 g/mol. The van der Waals surface area contributed by atoms with Crippen molar-refractivity contribution in [2.24, 2.45) is 0 Å². The standard InChI is InChI=1S/C20H14N4O3/c1-12-21-19-18(20(25)22-12)16(13-7-9-15(10-8-13)24(26)27)11-17(23-19)14-5-3-2-4-6-14/h2-11H,1H3,(H,21,22,23,25). The summed E-state index contributed by atoms with van der Waals surface area (Å²) in [6.45, 7) is 1.70. The fraction of sp³-hybridized carbons (Fsp3) is 0.0500. The maximum Gasteiger partial charge on any atom is 0.269 e. The highest BCUT2D eigenvalue weighted by Gasteiger charge is 2.15. The van der Waals surface area contributed by atoms with Crippen molar-refractivity contribution in [3.63, 3.8) is 0 Å². The number of nitro groups is 1. The van der Waals surface area contributed by atoms with Crippen LogP contribution >= 0.6 is 0 Å². The third-order valence-corrected chi connectivity index (χ3v) is 4.25. The van der Waals surface area contributed by atoms with Gasteiger partial charge in [0, 0.05) is 23.3 Å². The van der Waals surface area contributed by atoms with E-state index in [1.165, 1.54) is 12.1 Å².